The average Bonchev–Trinajstić information content (AvgIpc) is 2.58. The van der Waals surface area contributed by atoms with Crippen LogP contribution >= 0.6 is 0 Å². The number of amides is 1. The largest absolute Gasteiger partial charge is 0.473 e. The third-order valence-electron chi connectivity index (χ3n) is 3.57. The van der Waals surface area contributed by atoms with Crippen LogP contribution in [0.5, 0.6) is 5.88 Å². The predicted molar refractivity (Wildman–Crippen MR) is 82.8 cm³/mol. The zero-order valence-electron chi connectivity index (χ0n) is 12.6. The summed E-state index contributed by atoms with van der Waals surface area (Å²) in [6.07, 6.45) is 8.24. The molecule has 0 radical (unpaired) electrons. The number of piperidine rings is 1. The lowest BCUT2D eigenvalue weighted by Gasteiger charge is -2.31. The van der Waals surface area contributed by atoms with Gasteiger partial charge in [-0.25, -0.2) is 4.98 Å². The third-order valence-corrected chi connectivity index (χ3v) is 3.57. The number of ether oxygens (including phenoxy) is 1. The lowest BCUT2D eigenvalue weighted by molar-refractivity contribution is -0.117. The molecule has 1 amide bonds. The van der Waals surface area contributed by atoms with Crippen LogP contribution in [-0.4, -0.2) is 56.7 Å². The maximum atomic E-state index is 12.0. The van der Waals surface area contributed by atoms with Crippen LogP contribution in [-0.2, 0) is 4.79 Å². The molecule has 1 fully saturated rings. The van der Waals surface area contributed by atoms with Crippen LogP contribution in [0.25, 0.3) is 0 Å². The van der Waals surface area contributed by atoms with Gasteiger partial charge in [0.25, 0.3) is 0 Å². The van der Waals surface area contributed by atoms with E-state index in [-0.39, 0.29) is 12.0 Å². The lowest BCUT2D eigenvalue weighted by atomic mass is 10.1. The Balaban J connectivity index is 1.41. The number of aromatic nitrogens is 4. The smallest absolute Gasteiger partial charge is 0.239 e. The fourth-order valence-electron chi connectivity index (χ4n) is 2.46. The molecule has 0 aromatic carbocycles. The topological polar surface area (TPSA) is 93.1 Å². The molecule has 0 unspecified atom stereocenters. The van der Waals surface area contributed by atoms with Gasteiger partial charge < -0.3 is 10.1 Å². The van der Waals surface area contributed by atoms with Crippen LogP contribution in [0.1, 0.15) is 12.8 Å². The summed E-state index contributed by atoms with van der Waals surface area (Å²) in [7, 11) is 0. The second-order valence-electron chi connectivity index (χ2n) is 5.29. The Labute approximate surface area is 133 Å². The van der Waals surface area contributed by atoms with Crippen molar-refractivity contribution in [3.8, 4) is 5.88 Å². The maximum Gasteiger partial charge on any atom is 0.239 e. The summed E-state index contributed by atoms with van der Waals surface area (Å²) < 4.78 is 5.79. The van der Waals surface area contributed by atoms with Crippen LogP contribution in [0, 0.1) is 0 Å². The van der Waals surface area contributed by atoms with Gasteiger partial charge in [0, 0.05) is 31.7 Å². The molecule has 0 saturated carbocycles. The van der Waals surface area contributed by atoms with Gasteiger partial charge in [0.1, 0.15) is 6.10 Å². The van der Waals surface area contributed by atoms with Gasteiger partial charge in [0.2, 0.25) is 11.8 Å². The molecule has 2 aromatic heterocycles. The third kappa shape index (κ3) is 4.68. The van der Waals surface area contributed by atoms with Crippen molar-refractivity contribution < 1.29 is 9.53 Å². The van der Waals surface area contributed by atoms with Crippen LogP contribution in [0.4, 0.5) is 5.82 Å². The van der Waals surface area contributed by atoms with Gasteiger partial charge in [0.05, 0.1) is 12.7 Å². The first kappa shape index (κ1) is 15.3. The standard InChI is InChI=1S/C15H18N6O2/c22-14(19-13-2-1-5-18-20-13)11-21-8-3-12(4-9-21)23-15-10-16-6-7-17-15/h1-2,5-7,10,12H,3-4,8-9,11H2,(H,19,20,22). The van der Waals surface area contributed by atoms with E-state index in [4.69, 9.17) is 4.74 Å². The molecule has 1 aliphatic rings. The lowest BCUT2D eigenvalue weighted by Crippen LogP contribution is -2.42. The highest BCUT2D eigenvalue weighted by atomic mass is 16.5. The number of carbonyl (C=O) groups is 1. The highest BCUT2D eigenvalue weighted by Crippen LogP contribution is 2.16. The predicted octanol–water partition coefficient (Wildman–Crippen LogP) is 0.748. The molecule has 0 bridgehead atoms. The number of hydrogen-bond donors (Lipinski definition) is 1. The van der Waals surface area contributed by atoms with E-state index in [9.17, 15) is 4.79 Å². The monoisotopic (exact) mass is 314 g/mol. The summed E-state index contributed by atoms with van der Waals surface area (Å²) in [6.45, 7) is 1.95. The number of rotatable bonds is 5. The number of likely N-dealkylation sites (tertiary alicyclic amines) is 1. The first-order chi connectivity index (χ1) is 11.3. The molecule has 3 heterocycles. The minimum atomic E-state index is -0.0844. The molecule has 23 heavy (non-hydrogen) atoms. The fraction of sp³-hybridized carbons (Fsp3) is 0.400. The van der Waals surface area contributed by atoms with E-state index in [0.29, 0.717) is 18.2 Å². The first-order valence-electron chi connectivity index (χ1n) is 7.52. The van der Waals surface area contributed by atoms with E-state index < -0.39 is 0 Å². The number of anilines is 1. The Morgan fingerprint density at radius 2 is 2.17 bits per heavy atom. The Bertz CT molecular complexity index is 616. The minimum absolute atomic E-state index is 0.0844. The van der Waals surface area contributed by atoms with Crippen molar-refractivity contribution in [3.63, 3.8) is 0 Å². The molecule has 0 aliphatic carbocycles. The maximum absolute atomic E-state index is 12.0. The molecule has 1 N–H and O–H groups in total. The summed E-state index contributed by atoms with van der Waals surface area (Å²) in [5.41, 5.74) is 0. The average molecular weight is 314 g/mol. The summed E-state index contributed by atoms with van der Waals surface area (Å²) in [6, 6.07) is 3.45. The second-order valence-corrected chi connectivity index (χ2v) is 5.29. The summed E-state index contributed by atoms with van der Waals surface area (Å²) in [5, 5.41) is 10.3. The van der Waals surface area contributed by atoms with Gasteiger partial charge in [-0.2, -0.15) is 5.10 Å². The van der Waals surface area contributed by atoms with Crippen molar-refractivity contribution in [2.24, 2.45) is 0 Å². The fourth-order valence-corrected chi connectivity index (χ4v) is 2.46. The second kappa shape index (κ2) is 7.59. The van der Waals surface area contributed by atoms with E-state index in [1.165, 1.54) is 0 Å². The Morgan fingerprint density at radius 3 is 2.87 bits per heavy atom. The Kier molecular flexibility index (Phi) is 5.05. The number of nitrogens with one attached hydrogen (secondary N) is 1. The normalized spacial score (nSPS) is 16.0. The molecular weight excluding hydrogens is 296 g/mol. The van der Waals surface area contributed by atoms with Gasteiger partial charge in [-0.3, -0.25) is 14.7 Å². The SMILES string of the molecule is O=C(CN1CCC(Oc2cnccn2)CC1)Nc1cccnn1. The molecule has 2 aromatic rings. The molecule has 0 atom stereocenters. The highest BCUT2D eigenvalue weighted by Gasteiger charge is 2.22. The van der Waals surface area contributed by atoms with E-state index in [1.54, 1.807) is 36.9 Å². The number of hydrogen-bond acceptors (Lipinski definition) is 7. The van der Waals surface area contributed by atoms with E-state index in [1.807, 2.05) is 0 Å². The van der Waals surface area contributed by atoms with E-state index in [0.717, 1.165) is 25.9 Å². The van der Waals surface area contributed by atoms with Crippen molar-refractivity contribution in [3.05, 3.63) is 36.9 Å². The van der Waals surface area contributed by atoms with Crippen molar-refractivity contribution in [2.75, 3.05) is 25.0 Å². The quantitative estimate of drug-likeness (QED) is 0.870. The van der Waals surface area contributed by atoms with E-state index in [2.05, 4.69) is 30.4 Å². The van der Waals surface area contributed by atoms with Crippen LogP contribution in [0.15, 0.2) is 36.9 Å². The van der Waals surface area contributed by atoms with Crippen molar-refractivity contribution in [2.45, 2.75) is 18.9 Å². The van der Waals surface area contributed by atoms with Gasteiger partial charge >= 0.3 is 0 Å². The van der Waals surface area contributed by atoms with Crippen LogP contribution in [0.2, 0.25) is 0 Å². The zero-order valence-corrected chi connectivity index (χ0v) is 12.6. The number of carbonyl (C=O) groups excluding carboxylic acids is 1. The van der Waals surface area contributed by atoms with Crippen LogP contribution < -0.4 is 10.1 Å². The Morgan fingerprint density at radius 1 is 1.30 bits per heavy atom. The molecule has 0 spiro atoms. The van der Waals surface area contributed by atoms with Gasteiger partial charge in [0.15, 0.2) is 5.82 Å². The Hall–Kier alpha value is -2.61. The first-order valence-corrected chi connectivity index (χ1v) is 7.52. The summed E-state index contributed by atoms with van der Waals surface area (Å²) >= 11 is 0. The van der Waals surface area contributed by atoms with Crippen molar-refractivity contribution in [1.29, 1.82) is 0 Å². The highest BCUT2D eigenvalue weighted by molar-refractivity contribution is 5.91. The van der Waals surface area contributed by atoms with Gasteiger partial charge in [-0.05, 0) is 25.0 Å². The zero-order chi connectivity index (χ0) is 15.9. The minimum Gasteiger partial charge on any atom is -0.473 e. The van der Waals surface area contributed by atoms with E-state index >= 15 is 0 Å². The molecule has 8 nitrogen and oxygen atoms in total. The molecule has 8 heteroatoms. The van der Waals surface area contributed by atoms with Gasteiger partial charge in [-0.1, -0.05) is 0 Å². The summed E-state index contributed by atoms with van der Waals surface area (Å²) in [5.74, 6) is 0.934. The molecule has 1 saturated heterocycles. The van der Waals surface area contributed by atoms with Crippen molar-refractivity contribution >= 4 is 11.7 Å². The summed E-state index contributed by atoms with van der Waals surface area (Å²) in [4.78, 5) is 22.2. The molecule has 120 valence electrons. The van der Waals surface area contributed by atoms with Gasteiger partial charge in [-0.15, -0.1) is 5.10 Å². The molecular formula is C15H18N6O2. The number of nitrogens with zero attached hydrogens (tertiary/aromatic N) is 5. The molecule has 3 rings (SSSR count). The molecule has 1 aliphatic heterocycles. The van der Waals surface area contributed by atoms with Crippen molar-refractivity contribution in [1.82, 2.24) is 25.1 Å². The van der Waals surface area contributed by atoms with Crippen LogP contribution in [0.3, 0.4) is 0 Å².